The van der Waals surface area contributed by atoms with Crippen molar-refractivity contribution in [3.8, 4) is 17.4 Å². The number of benzene rings is 1. The van der Waals surface area contributed by atoms with Crippen LogP contribution in [-0.4, -0.2) is 88.8 Å². The summed E-state index contributed by atoms with van der Waals surface area (Å²) in [6, 6.07) is 3.46. The number of rotatable bonds is 9. The molecule has 3 aromatic rings. The number of aromatic nitrogens is 5. The Morgan fingerprint density at radius 2 is 2.09 bits per heavy atom. The fourth-order valence-corrected chi connectivity index (χ4v) is 3.52. The van der Waals surface area contributed by atoms with Crippen LogP contribution in [0, 0.1) is 5.41 Å². The van der Waals surface area contributed by atoms with E-state index in [4.69, 9.17) is 24.4 Å². The maximum absolute atomic E-state index is 11.8. The Morgan fingerprint density at radius 1 is 1.27 bits per heavy atom. The summed E-state index contributed by atoms with van der Waals surface area (Å²) in [5.41, 5.74) is 0.660. The van der Waals surface area contributed by atoms with Gasteiger partial charge in [-0.15, -0.1) is 5.10 Å². The van der Waals surface area contributed by atoms with Gasteiger partial charge < -0.3 is 18.9 Å². The van der Waals surface area contributed by atoms with Crippen molar-refractivity contribution in [2.24, 2.45) is 0 Å². The normalized spacial score (nSPS) is 14.4. The minimum absolute atomic E-state index is 0.0442. The number of nitrogens with zero attached hydrogens (tertiary/aromatic N) is 5. The Bertz CT molecular complexity index is 1170. The standard InChI is InChI=1S/C21H27N7O5/c1-3-32-20(29)19-24-21(26-25-19)28-13-23-15-12-17(16(30-2)11-14(15)18(28)22)33-8-4-5-27-6-9-31-10-7-27/h11-13,22H,3-10H2,1-2H3,(H,24,25,26). The Labute approximate surface area is 190 Å². The summed E-state index contributed by atoms with van der Waals surface area (Å²) in [4.78, 5) is 22.7. The van der Waals surface area contributed by atoms with Crippen molar-refractivity contribution < 1.29 is 23.7 Å². The van der Waals surface area contributed by atoms with Crippen molar-refractivity contribution in [3.05, 3.63) is 29.8 Å². The minimum atomic E-state index is -0.616. The van der Waals surface area contributed by atoms with Gasteiger partial charge in [-0.05, 0) is 19.4 Å². The van der Waals surface area contributed by atoms with Gasteiger partial charge in [0.15, 0.2) is 11.5 Å². The lowest BCUT2D eigenvalue weighted by atomic mass is 10.2. The maximum atomic E-state index is 11.8. The Hall–Kier alpha value is -3.51. The second kappa shape index (κ2) is 10.4. The number of carbonyl (C=O) groups excluding carboxylic acids is 1. The highest BCUT2D eigenvalue weighted by atomic mass is 16.5. The zero-order chi connectivity index (χ0) is 23.2. The predicted octanol–water partition coefficient (Wildman–Crippen LogP) is 0.909. The third kappa shape index (κ3) is 5.12. The van der Waals surface area contributed by atoms with E-state index in [-0.39, 0.29) is 23.9 Å². The number of nitrogens with one attached hydrogen (secondary N) is 2. The molecule has 12 nitrogen and oxygen atoms in total. The van der Waals surface area contributed by atoms with E-state index < -0.39 is 5.97 Å². The van der Waals surface area contributed by atoms with Crippen LogP contribution in [0.2, 0.25) is 0 Å². The first kappa shape index (κ1) is 22.7. The lowest BCUT2D eigenvalue weighted by Gasteiger charge is -2.26. The molecule has 0 spiro atoms. The number of hydrogen-bond donors (Lipinski definition) is 2. The average Bonchev–Trinajstić information content (AvgIpc) is 3.33. The van der Waals surface area contributed by atoms with Crippen molar-refractivity contribution in [2.45, 2.75) is 13.3 Å². The van der Waals surface area contributed by atoms with Gasteiger partial charge >= 0.3 is 5.97 Å². The number of aromatic amines is 1. The third-order valence-electron chi connectivity index (χ3n) is 5.23. The van der Waals surface area contributed by atoms with Crippen LogP contribution in [0.3, 0.4) is 0 Å². The van der Waals surface area contributed by atoms with E-state index in [2.05, 4.69) is 25.1 Å². The maximum Gasteiger partial charge on any atom is 0.375 e. The van der Waals surface area contributed by atoms with Crippen LogP contribution in [0.25, 0.3) is 16.9 Å². The molecule has 1 fully saturated rings. The zero-order valence-electron chi connectivity index (χ0n) is 18.7. The van der Waals surface area contributed by atoms with Gasteiger partial charge in [0.25, 0.3) is 5.95 Å². The first-order chi connectivity index (χ1) is 16.1. The van der Waals surface area contributed by atoms with Crippen molar-refractivity contribution in [3.63, 3.8) is 0 Å². The molecule has 1 aliphatic rings. The number of methoxy groups -OCH3 is 1. The molecule has 0 unspecified atom stereocenters. The van der Waals surface area contributed by atoms with Crippen molar-refractivity contribution >= 4 is 16.9 Å². The zero-order valence-corrected chi connectivity index (χ0v) is 18.7. The molecule has 0 bridgehead atoms. The number of H-pyrrole nitrogens is 1. The fourth-order valence-electron chi connectivity index (χ4n) is 3.52. The SMILES string of the molecule is CCOC(=O)c1nc(-n2cnc3cc(OCCCN4CCOCC4)c(OC)cc3c2=N)n[nH]1. The number of ether oxygens (including phenoxy) is 4. The molecule has 2 N–H and O–H groups in total. The molecule has 3 heterocycles. The van der Waals surface area contributed by atoms with E-state index >= 15 is 0 Å². The summed E-state index contributed by atoms with van der Waals surface area (Å²) in [6.07, 6.45) is 2.30. The molecule has 0 atom stereocenters. The average molecular weight is 457 g/mol. The van der Waals surface area contributed by atoms with Crippen LogP contribution in [0.5, 0.6) is 11.5 Å². The number of fused-ring (bicyclic) bond motifs is 1. The van der Waals surface area contributed by atoms with Gasteiger partial charge in [-0.25, -0.2) is 9.78 Å². The lowest BCUT2D eigenvalue weighted by molar-refractivity contribution is 0.0357. The first-order valence-corrected chi connectivity index (χ1v) is 10.8. The monoisotopic (exact) mass is 457 g/mol. The minimum Gasteiger partial charge on any atom is -0.493 e. The fraction of sp³-hybridized carbons (Fsp3) is 0.476. The molecular formula is C21H27N7O5. The highest BCUT2D eigenvalue weighted by Crippen LogP contribution is 2.30. The number of morpholine rings is 1. The highest BCUT2D eigenvalue weighted by Gasteiger charge is 2.16. The molecular weight excluding hydrogens is 430 g/mol. The lowest BCUT2D eigenvalue weighted by Crippen LogP contribution is -2.37. The van der Waals surface area contributed by atoms with Crippen molar-refractivity contribution in [2.75, 3.05) is 53.2 Å². The summed E-state index contributed by atoms with van der Waals surface area (Å²) < 4.78 is 23.1. The van der Waals surface area contributed by atoms with Crippen LogP contribution in [0.15, 0.2) is 18.5 Å². The smallest absolute Gasteiger partial charge is 0.375 e. The van der Waals surface area contributed by atoms with E-state index in [1.807, 2.05) is 0 Å². The summed E-state index contributed by atoms with van der Waals surface area (Å²) in [5, 5.41) is 15.7. The summed E-state index contributed by atoms with van der Waals surface area (Å²) in [5.74, 6) is 0.523. The molecule has 12 heteroatoms. The highest BCUT2D eigenvalue weighted by molar-refractivity contribution is 5.85. The second-order valence-electron chi connectivity index (χ2n) is 7.34. The van der Waals surface area contributed by atoms with Gasteiger partial charge in [0.1, 0.15) is 11.8 Å². The summed E-state index contributed by atoms with van der Waals surface area (Å²) in [6.45, 7) is 6.85. The molecule has 0 saturated carbocycles. The largest absolute Gasteiger partial charge is 0.493 e. The van der Waals surface area contributed by atoms with E-state index in [9.17, 15) is 4.79 Å². The number of esters is 1. The first-order valence-electron chi connectivity index (χ1n) is 10.8. The van der Waals surface area contributed by atoms with Gasteiger partial charge in [-0.1, -0.05) is 0 Å². The predicted molar refractivity (Wildman–Crippen MR) is 117 cm³/mol. The Morgan fingerprint density at radius 3 is 2.85 bits per heavy atom. The molecule has 0 radical (unpaired) electrons. The summed E-state index contributed by atoms with van der Waals surface area (Å²) in [7, 11) is 1.55. The molecule has 1 aliphatic heterocycles. The van der Waals surface area contributed by atoms with Crippen molar-refractivity contribution in [1.29, 1.82) is 5.41 Å². The van der Waals surface area contributed by atoms with Gasteiger partial charge in [-0.3, -0.25) is 20.0 Å². The molecule has 176 valence electrons. The third-order valence-corrected chi connectivity index (χ3v) is 5.23. The van der Waals surface area contributed by atoms with Gasteiger partial charge in [0.05, 0.1) is 39.1 Å². The van der Waals surface area contributed by atoms with E-state index in [1.54, 1.807) is 26.2 Å². The summed E-state index contributed by atoms with van der Waals surface area (Å²) >= 11 is 0. The van der Waals surface area contributed by atoms with Gasteiger partial charge in [-0.2, -0.15) is 4.98 Å². The molecule has 4 rings (SSSR count). The van der Waals surface area contributed by atoms with Crippen LogP contribution in [-0.2, 0) is 9.47 Å². The van der Waals surface area contributed by atoms with E-state index in [0.29, 0.717) is 29.0 Å². The van der Waals surface area contributed by atoms with E-state index in [0.717, 1.165) is 39.3 Å². The van der Waals surface area contributed by atoms with Gasteiger partial charge in [0, 0.05) is 31.1 Å². The molecule has 0 aliphatic carbocycles. The number of hydrogen-bond acceptors (Lipinski definition) is 10. The molecule has 1 aromatic carbocycles. The molecule has 1 saturated heterocycles. The molecule has 0 amide bonds. The van der Waals surface area contributed by atoms with Crippen molar-refractivity contribution in [1.82, 2.24) is 29.6 Å². The topological polar surface area (TPSA) is 140 Å². The van der Waals surface area contributed by atoms with Gasteiger partial charge in [0.2, 0.25) is 5.82 Å². The van der Waals surface area contributed by atoms with Crippen LogP contribution < -0.4 is 15.0 Å². The van der Waals surface area contributed by atoms with Crippen LogP contribution in [0.1, 0.15) is 24.0 Å². The number of carbonyl (C=O) groups is 1. The quantitative estimate of drug-likeness (QED) is 0.354. The van der Waals surface area contributed by atoms with Crippen LogP contribution in [0.4, 0.5) is 0 Å². The Balaban J connectivity index is 1.51. The molecule has 33 heavy (non-hydrogen) atoms. The van der Waals surface area contributed by atoms with Crippen LogP contribution >= 0.6 is 0 Å². The Kier molecular flexibility index (Phi) is 7.15. The second-order valence-corrected chi connectivity index (χ2v) is 7.34. The van der Waals surface area contributed by atoms with E-state index in [1.165, 1.54) is 10.9 Å². The molecule has 2 aromatic heterocycles.